The molecule has 0 spiro atoms. The highest BCUT2D eigenvalue weighted by Crippen LogP contribution is 2.27. The molecule has 1 atom stereocenters. The molecule has 1 unspecified atom stereocenters. The molecule has 0 aliphatic carbocycles. The van der Waals surface area contributed by atoms with Gasteiger partial charge in [0, 0.05) is 30.7 Å². The van der Waals surface area contributed by atoms with E-state index in [0.29, 0.717) is 13.2 Å². The van der Waals surface area contributed by atoms with Gasteiger partial charge in [0.25, 0.3) is 0 Å². The maximum atomic E-state index is 13.0. The van der Waals surface area contributed by atoms with Crippen LogP contribution in [0.2, 0.25) is 0 Å². The predicted molar refractivity (Wildman–Crippen MR) is 70.4 cm³/mol. The largest absolute Gasteiger partial charge is 0.383 e. The average molecular weight is 305 g/mol. The molecule has 0 aliphatic rings. The molecule has 0 saturated heterocycles. The molecule has 0 fully saturated rings. The van der Waals surface area contributed by atoms with Crippen molar-refractivity contribution in [3.8, 4) is 0 Å². The fourth-order valence-electron chi connectivity index (χ4n) is 1.71. The third-order valence-corrected chi connectivity index (χ3v) is 3.41. The monoisotopic (exact) mass is 304 g/mol. The van der Waals surface area contributed by atoms with E-state index in [9.17, 15) is 4.39 Å². The standard InChI is InChI=1S/C12H18BrFN2O/c1-16(5-6-17-2)12(8-15)10-4-3-9(14)7-11(10)13/h3-4,7,12H,5-6,8,15H2,1-2H3. The van der Waals surface area contributed by atoms with Crippen LogP contribution in [0.1, 0.15) is 11.6 Å². The van der Waals surface area contributed by atoms with Crippen molar-refractivity contribution in [1.29, 1.82) is 0 Å². The molecule has 0 aromatic heterocycles. The SMILES string of the molecule is COCCN(C)C(CN)c1ccc(F)cc1Br. The number of likely N-dealkylation sites (N-methyl/N-ethyl adjacent to an activating group) is 1. The average Bonchev–Trinajstić information content (AvgIpc) is 2.30. The number of rotatable bonds is 6. The first-order valence-corrected chi connectivity index (χ1v) is 6.23. The van der Waals surface area contributed by atoms with Gasteiger partial charge in [0.15, 0.2) is 0 Å². The quantitative estimate of drug-likeness (QED) is 0.875. The van der Waals surface area contributed by atoms with E-state index in [4.69, 9.17) is 10.5 Å². The summed E-state index contributed by atoms with van der Waals surface area (Å²) in [6, 6.07) is 4.73. The molecule has 0 heterocycles. The van der Waals surface area contributed by atoms with Crippen molar-refractivity contribution in [3.63, 3.8) is 0 Å². The molecule has 0 saturated carbocycles. The second kappa shape index (κ2) is 7.06. The van der Waals surface area contributed by atoms with Crippen LogP contribution in [-0.2, 0) is 4.74 Å². The third kappa shape index (κ3) is 4.03. The van der Waals surface area contributed by atoms with E-state index in [0.717, 1.165) is 16.6 Å². The zero-order valence-corrected chi connectivity index (χ0v) is 11.7. The molecule has 0 radical (unpaired) electrons. The first-order chi connectivity index (χ1) is 8.10. The fraction of sp³-hybridized carbons (Fsp3) is 0.500. The van der Waals surface area contributed by atoms with Gasteiger partial charge in [-0.25, -0.2) is 4.39 Å². The highest BCUT2D eigenvalue weighted by Gasteiger charge is 2.17. The van der Waals surface area contributed by atoms with Gasteiger partial charge in [0.1, 0.15) is 5.82 Å². The third-order valence-electron chi connectivity index (χ3n) is 2.72. The van der Waals surface area contributed by atoms with Crippen LogP contribution in [0, 0.1) is 5.82 Å². The Morgan fingerprint density at radius 2 is 2.24 bits per heavy atom. The van der Waals surface area contributed by atoms with Gasteiger partial charge in [-0.1, -0.05) is 22.0 Å². The summed E-state index contributed by atoms with van der Waals surface area (Å²) in [7, 11) is 3.64. The lowest BCUT2D eigenvalue weighted by molar-refractivity contribution is 0.140. The van der Waals surface area contributed by atoms with E-state index in [1.165, 1.54) is 12.1 Å². The molecule has 0 amide bonds. The van der Waals surface area contributed by atoms with E-state index in [1.807, 2.05) is 7.05 Å². The predicted octanol–water partition coefficient (Wildman–Crippen LogP) is 2.17. The maximum absolute atomic E-state index is 13.0. The number of ether oxygens (including phenoxy) is 1. The Morgan fingerprint density at radius 3 is 2.76 bits per heavy atom. The van der Waals surface area contributed by atoms with Gasteiger partial charge in [-0.2, -0.15) is 0 Å². The van der Waals surface area contributed by atoms with Crippen LogP contribution in [0.15, 0.2) is 22.7 Å². The highest BCUT2D eigenvalue weighted by atomic mass is 79.9. The number of hydrogen-bond acceptors (Lipinski definition) is 3. The lowest BCUT2D eigenvalue weighted by Gasteiger charge is -2.27. The Balaban J connectivity index is 2.85. The topological polar surface area (TPSA) is 38.5 Å². The Labute approximate surface area is 110 Å². The van der Waals surface area contributed by atoms with Gasteiger partial charge in [0.2, 0.25) is 0 Å². The molecule has 1 aromatic carbocycles. The summed E-state index contributed by atoms with van der Waals surface area (Å²) in [6.07, 6.45) is 0. The van der Waals surface area contributed by atoms with Gasteiger partial charge in [-0.05, 0) is 24.7 Å². The molecule has 17 heavy (non-hydrogen) atoms. The minimum absolute atomic E-state index is 0.0557. The Kier molecular flexibility index (Phi) is 6.05. The molecular formula is C12H18BrFN2O. The zero-order valence-electron chi connectivity index (χ0n) is 10.1. The molecule has 1 rings (SSSR count). The molecular weight excluding hydrogens is 287 g/mol. The van der Waals surface area contributed by atoms with Crippen LogP contribution in [0.4, 0.5) is 4.39 Å². The van der Waals surface area contributed by atoms with E-state index in [2.05, 4.69) is 20.8 Å². The van der Waals surface area contributed by atoms with Crippen molar-refractivity contribution in [2.45, 2.75) is 6.04 Å². The molecule has 3 nitrogen and oxygen atoms in total. The smallest absolute Gasteiger partial charge is 0.124 e. The van der Waals surface area contributed by atoms with Crippen molar-refractivity contribution in [2.24, 2.45) is 5.73 Å². The van der Waals surface area contributed by atoms with Crippen LogP contribution < -0.4 is 5.73 Å². The van der Waals surface area contributed by atoms with E-state index >= 15 is 0 Å². The lowest BCUT2D eigenvalue weighted by atomic mass is 10.1. The van der Waals surface area contributed by atoms with E-state index < -0.39 is 0 Å². The first kappa shape index (κ1) is 14.6. The number of halogens is 2. The number of nitrogens with two attached hydrogens (primary N) is 1. The molecule has 5 heteroatoms. The van der Waals surface area contributed by atoms with Gasteiger partial charge < -0.3 is 10.5 Å². The highest BCUT2D eigenvalue weighted by molar-refractivity contribution is 9.10. The fourth-order valence-corrected chi connectivity index (χ4v) is 2.32. The minimum Gasteiger partial charge on any atom is -0.383 e. The number of benzene rings is 1. The summed E-state index contributed by atoms with van der Waals surface area (Å²) in [6.45, 7) is 1.90. The summed E-state index contributed by atoms with van der Waals surface area (Å²) in [5, 5.41) is 0. The second-order valence-electron chi connectivity index (χ2n) is 3.89. The minimum atomic E-state index is -0.254. The maximum Gasteiger partial charge on any atom is 0.124 e. The van der Waals surface area contributed by atoms with E-state index in [1.54, 1.807) is 13.2 Å². The van der Waals surface area contributed by atoms with Crippen molar-refractivity contribution < 1.29 is 9.13 Å². The summed E-state index contributed by atoms with van der Waals surface area (Å²) in [5.41, 5.74) is 6.78. The van der Waals surface area contributed by atoms with Crippen molar-refractivity contribution in [1.82, 2.24) is 4.90 Å². The first-order valence-electron chi connectivity index (χ1n) is 5.44. The molecule has 0 bridgehead atoms. The van der Waals surface area contributed by atoms with Crippen molar-refractivity contribution in [3.05, 3.63) is 34.1 Å². The lowest BCUT2D eigenvalue weighted by Crippen LogP contribution is -2.33. The second-order valence-corrected chi connectivity index (χ2v) is 4.75. The van der Waals surface area contributed by atoms with Crippen LogP contribution >= 0.6 is 15.9 Å². The van der Waals surface area contributed by atoms with E-state index in [-0.39, 0.29) is 11.9 Å². The number of nitrogens with zero attached hydrogens (tertiary/aromatic N) is 1. The van der Waals surface area contributed by atoms with Crippen LogP contribution in [0.25, 0.3) is 0 Å². The van der Waals surface area contributed by atoms with Crippen molar-refractivity contribution in [2.75, 3.05) is 33.9 Å². The summed E-state index contributed by atoms with van der Waals surface area (Å²) < 4.78 is 18.8. The van der Waals surface area contributed by atoms with Gasteiger partial charge >= 0.3 is 0 Å². The Bertz CT molecular complexity index is 362. The van der Waals surface area contributed by atoms with Crippen molar-refractivity contribution >= 4 is 15.9 Å². The van der Waals surface area contributed by atoms with Crippen LogP contribution in [0.3, 0.4) is 0 Å². The normalized spacial score (nSPS) is 13.1. The molecule has 1 aromatic rings. The Hall–Kier alpha value is -0.490. The molecule has 2 N–H and O–H groups in total. The summed E-state index contributed by atoms with van der Waals surface area (Å²) in [4.78, 5) is 2.10. The van der Waals surface area contributed by atoms with Gasteiger partial charge in [-0.3, -0.25) is 4.90 Å². The molecule has 96 valence electrons. The number of methoxy groups -OCH3 is 1. The van der Waals surface area contributed by atoms with Gasteiger partial charge in [0.05, 0.1) is 6.61 Å². The van der Waals surface area contributed by atoms with Gasteiger partial charge in [-0.15, -0.1) is 0 Å². The van der Waals surface area contributed by atoms with Crippen LogP contribution in [0.5, 0.6) is 0 Å². The van der Waals surface area contributed by atoms with Crippen LogP contribution in [-0.4, -0.2) is 38.8 Å². The summed E-state index contributed by atoms with van der Waals surface area (Å²) >= 11 is 3.37. The Morgan fingerprint density at radius 1 is 1.53 bits per heavy atom. The zero-order chi connectivity index (χ0) is 12.8. The summed E-state index contributed by atoms with van der Waals surface area (Å²) in [5.74, 6) is -0.254. The molecule has 0 aliphatic heterocycles. The number of hydrogen-bond donors (Lipinski definition) is 1.